The Hall–Kier alpha value is -2.18. The maximum absolute atomic E-state index is 13.5. The molecule has 0 radical (unpaired) electrons. The van der Waals surface area contributed by atoms with Crippen molar-refractivity contribution in [3.05, 3.63) is 64.8 Å². The van der Waals surface area contributed by atoms with E-state index in [0.29, 0.717) is 14.9 Å². The van der Waals surface area contributed by atoms with E-state index in [2.05, 4.69) is 17.0 Å². The van der Waals surface area contributed by atoms with Crippen LogP contribution in [-0.2, 0) is 4.79 Å². The third kappa shape index (κ3) is 3.39. The van der Waals surface area contributed by atoms with Crippen molar-refractivity contribution < 1.29 is 9.18 Å². The van der Waals surface area contributed by atoms with E-state index in [1.165, 1.54) is 47.3 Å². The molecule has 0 aliphatic carbocycles. The second-order valence-corrected chi connectivity index (χ2v) is 7.96. The van der Waals surface area contributed by atoms with Crippen LogP contribution in [0.1, 0.15) is 18.4 Å². The van der Waals surface area contributed by atoms with E-state index in [-0.39, 0.29) is 5.91 Å². The van der Waals surface area contributed by atoms with Gasteiger partial charge in [-0.15, -0.1) is 0 Å². The third-order valence-corrected chi connectivity index (χ3v) is 5.82. The number of thioether (sulfide) groups is 1. The summed E-state index contributed by atoms with van der Waals surface area (Å²) in [4.78, 5) is 17.0. The molecular formula is C20H17FN2OS2. The van der Waals surface area contributed by atoms with Crippen molar-refractivity contribution in [1.82, 2.24) is 0 Å². The minimum Gasteiger partial charge on any atom is -0.372 e. The van der Waals surface area contributed by atoms with Gasteiger partial charge >= 0.3 is 0 Å². The van der Waals surface area contributed by atoms with Crippen molar-refractivity contribution in [2.24, 2.45) is 0 Å². The van der Waals surface area contributed by atoms with Crippen LogP contribution in [0, 0.1) is 5.82 Å². The van der Waals surface area contributed by atoms with Gasteiger partial charge in [-0.1, -0.05) is 42.2 Å². The number of nitrogens with zero attached hydrogens (tertiary/aromatic N) is 2. The lowest BCUT2D eigenvalue weighted by Crippen LogP contribution is -2.27. The van der Waals surface area contributed by atoms with Crippen LogP contribution in [-0.4, -0.2) is 23.3 Å². The average Bonchev–Trinajstić information content (AvgIpc) is 3.25. The van der Waals surface area contributed by atoms with Crippen LogP contribution in [0.2, 0.25) is 0 Å². The van der Waals surface area contributed by atoms with Crippen LogP contribution in [0.25, 0.3) is 6.08 Å². The zero-order valence-electron chi connectivity index (χ0n) is 14.0. The minimum absolute atomic E-state index is 0.214. The second-order valence-electron chi connectivity index (χ2n) is 6.28. The number of benzene rings is 2. The third-order valence-electron chi connectivity index (χ3n) is 4.52. The maximum atomic E-state index is 13.5. The van der Waals surface area contributed by atoms with Gasteiger partial charge in [-0.05, 0) is 54.8 Å². The lowest BCUT2D eigenvalue weighted by molar-refractivity contribution is -0.113. The van der Waals surface area contributed by atoms with E-state index in [1.54, 1.807) is 12.1 Å². The molecule has 6 heteroatoms. The molecule has 2 aromatic carbocycles. The second kappa shape index (κ2) is 7.21. The van der Waals surface area contributed by atoms with E-state index in [1.807, 2.05) is 18.2 Å². The van der Waals surface area contributed by atoms with Crippen molar-refractivity contribution >= 4 is 51.7 Å². The molecule has 0 atom stereocenters. The van der Waals surface area contributed by atoms with E-state index >= 15 is 0 Å². The summed E-state index contributed by atoms with van der Waals surface area (Å²) in [7, 11) is 0. The summed E-state index contributed by atoms with van der Waals surface area (Å²) in [6.45, 7) is 2.21. The molecular weight excluding hydrogens is 367 g/mol. The van der Waals surface area contributed by atoms with Gasteiger partial charge in [-0.2, -0.15) is 0 Å². The molecule has 0 aromatic heterocycles. The molecule has 0 saturated carbocycles. The molecule has 132 valence electrons. The summed E-state index contributed by atoms with van der Waals surface area (Å²) in [5, 5.41) is 0. The molecule has 2 aromatic rings. The number of hydrogen-bond acceptors (Lipinski definition) is 4. The van der Waals surface area contributed by atoms with Crippen LogP contribution in [0.4, 0.5) is 15.8 Å². The first kappa shape index (κ1) is 17.2. The van der Waals surface area contributed by atoms with E-state index in [0.717, 1.165) is 18.7 Å². The first-order valence-corrected chi connectivity index (χ1v) is 9.73. The fraction of sp³-hybridized carbons (Fsp3) is 0.200. The minimum atomic E-state index is -0.391. The molecule has 4 rings (SSSR count). The number of anilines is 2. The summed E-state index contributed by atoms with van der Waals surface area (Å²) in [5.74, 6) is -0.604. The quantitative estimate of drug-likeness (QED) is 0.559. The van der Waals surface area contributed by atoms with Gasteiger partial charge in [-0.25, -0.2) is 4.39 Å². The summed E-state index contributed by atoms with van der Waals surface area (Å²) in [5.41, 5.74) is 2.62. The standard InChI is InChI=1S/C20H17FN2OS2/c21-15-4-3-5-17(13-15)23-19(24)18(26-20(23)25)12-14-6-8-16(9-7-14)22-10-1-2-11-22/h3-9,12-13H,1-2,10-11H2/b18-12-. The highest BCUT2D eigenvalue weighted by molar-refractivity contribution is 8.27. The smallest absolute Gasteiger partial charge is 0.270 e. The summed E-state index contributed by atoms with van der Waals surface area (Å²) in [6.07, 6.45) is 4.32. The molecule has 2 heterocycles. The largest absolute Gasteiger partial charge is 0.372 e. The van der Waals surface area contributed by atoms with Gasteiger partial charge in [0.1, 0.15) is 5.82 Å². The van der Waals surface area contributed by atoms with Crippen molar-refractivity contribution in [2.75, 3.05) is 22.9 Å². The predicted octanol–water partition coefficient (Wildman–Crippen LogP) is 4.83. The fourth-order valence-corrected chi connectivity index (χ4v) is 4.51. The summed E-state index contributed by atoms with van der Waals surface area (Å²) in [6, 6.07) is 14.1. The van der Waals surface area contributed by atoms with Gasteiger partial charge in [0.15, 0.2) is 4.32 Å². The highest BCUT2D eigenvalue weighted by Crippen LogP contribution is 2.36. The van der Waals surface area contributed by atoms with E-state index < -0.39 is 5.82 Å². The number of thiocarbonyl (C=S) groups is 1. The number of halogens is 1. The molecule has 0 N–H and O–H groups in total. The fourth-order valence-electron chi connectivity index (χ4n) is 3.21. The van der Waals surface area contributed by atoms with Crippen molar-refractivity contribution in [2.45, 2.75) is 12.8 Å². The molecule has 2 aliphatic rings. The SMILES string of the molecule is O=C1/C(=C/c2ccc(N3CCCC3)cc2)SC(=S)N1c1cccc(F)c1. The van der Waals surface area contributed by atoms with Crippen molar-refractivity contribution in [1.29, 1.82) is 0 Å². The lowest BCUT2D eigenvalue weighted by atomic mass is 10.1. The number of amides is 1. The Labute approximate surface area is 161 Å². The Morgan fingerprint density at radius 3 is 2.46 bits per heavy atom. The van der Waals surface area contributed by atoms with Gasteiger partial charge in [0.2, 0.25) is 0 Å². The highest BCUT2D eigenvalue weighted by atomic mass is 32.2. The number of carbonyl (C=O) groups is 1. The van der Waals surface area contributed by atoms with Crippen molar-refractivity contribution in [3.8, 4) is 0 Å². The molecule has 0 bridgehead atoms. The van der Waals surface area contributed by atoms with Crippen LogP contribution in [0.5, 0.6) is 0 Å². The molecule has 2 saturated heterocycles. The van der Waals surface area contributed by atoms with E-state index in [4.69, 9.17) is 12.2 Å². The predicted molar refractivity (Wildman–Crippen MR) is 110 cm³/mol. The topological polar surface area (TPSA) is 23.6 Å². The Morgan fingerprint density at radius 1 is 1.04 bits per heavy atom. The zero-order chi connectivity index (χ0) is 18.1. The normalized spacial score (nSPS) is 19.0. The molecule has 0 spiro atoms. The van der Waals surface area contributed by atoms with Gasteiger partial charge in [0.25, 0.3) is 5.91 Å². The molecule has 2 aliphatic heterocycles. The zero-order valence-corrected chi connectivity index (χ0v) is 15.7. The Balaban J connectivity index is 1.56. The van der Waals surface area contributed by atoms with Gasteiger partial charge in [0.05, 0.1) is 10.6 Å². The average molecular weight is 385 g/mol. The Kier molecular flexibility index (Phi) is 4.78. The number of carbonyl (C=O) groups excluding carboxylic acids is 1. The molecule has 1 amide bonds. The van der Waals surface area contributed by atoms with Crippen LogP contribution < -0.4 is 9.80 Å². The summed E-state index contributed by atoms with van der Waals surface area (Å²) >= 11 is 6.57. The van der Waals surface area contributed by atoms with Crippen molar-refractivity contribution in [3.63, 3.8) is 0 Å². The van der Waals surface area contributed by atoms with Gasteiger partial charge in [-0.3, -0.25) is 9.69 Å². The molecule has 0 unspecified atom stereocenters. The highest BCUT2D eigenvalue weighted by Gasteiger charge is 2.33. The Bertz CT molecular complexity index is 889. The first-order chi connectivity index (χ1) is 12.6. The van der Waals surface area contributed by atoms with Crippen LogP contribution in [0.3, 0.4) is 0 Å². The molecule has 26 heavy (non-hydrogen) atoms. The maximum Gasteiger partial charge on any atom is 0.270 e. The van der Waals surface area contributed by atoms with Crippen LogP contribution >= 0.6 is 24.0 Å². The van der Waals surface area contributed by atoms with Gasteiger partial charge < -0.3 is 4.90 Å². The summed E-state index contributed by atoms with van der Waals surface area (Å²) < 4.78 is 13.9. The van der Waals surface area contributed by atoms with Crippen LogP contribution in [0.15, 0.2) is 53.4 Å². The van der Waals surface area contributed by atoms with Gasteiger partial charge in [0, 0.05) is 18.8 Å². The lowest BCUT2D eigenvalue weighted by Gasteiger charge is -2.17. The first-order valence-electron chi connectivity index (χ1n) is 8.50. The molecule has 3 nitrogen and oxygen atoms in total. The number of rotatable bonds is 3. The Morgan fingerprint density at radius 2 is 1.77 bits per heavy atom. The van der Waals surface area contributed by atoms with E-state index in [9.17, 15) is 9.18 Å². The number of hydrogen-bond donors (Lipinski definition) is 0. The monoisotopic (exact) mass is 384 g/mol. The molecule has 2 fully saturated rings.